The minimum absolute atomic E-state index is 0.306. The molecule has 0 aliphatic carbocycles. The minimum atomic E-state index is 0.306. The van der Waals surface area contributed by atoms with Gasteiger partial charge in [-0.05, 0) is 37.8 Å². The molecule has 1 saturated heterocycles. The van der Waals surface area contributed by atoms with Gasteiger partial charge in [-0.15, -0.1) is 0 Å². The lowest BCUT2D eigenvalue weighted by atomic mass is 9.80. The zero-order valence-corrected chi connectivity index (χ0v) is 12.2. The molecule has 1 fully saturated rings. The highest BCUT2D eigenvalue weighted by molar-refractivity contribution is 4.84. The van der Waals surface area contributed by atoms with Gasteiger partial charge in [0, 0.05) is 19.8 Å². The Morgan fingerprint density at radius 3 is 2.39 bits per heavy atom. The van der Waals surface area contributed by atoms with Crippen LogP contribution >= 0.6 is 0 Å². The summed E-state index contributed by atoms with van der Waals surface area (Å²) >= 11 is 0. The number of rotatable bonds is 10. The summed E-state index contributed by atoms with van der Waals surface area (Å²) in [5.41, 5.74) is 6.24. The Balaban J connectivity index is 1.98. The zero-order valence-electron chi connectivity index (χ0n) is 12.2. The van der Waals surface area contributed by atoms with Crippen LogP contribution in [0.2, 0.25) is 0 Å². The molecule has 0 bridgehead atoms. The third kappa shape index (κ3) is 6.17. The van der Waals surface area contributed by atoms with E-state index in [4.69, 9.17) is 10.5 Å². The first-order valence-corrected chi connectivity index (χ1v) is 7.81. The second kappa shape index (κ2) is 9.76. The van der Waals surface area contributed by atoms with Crippen LogP contribution in [0.3, 0.4) is 0 Å². The summed E-state index contributed by atoms with van der Waals surface area (Å²) in [5.74, 6) is 0. The number of hydrogen-bond acceptors (Lipinski definition) is 3. The number of unbranched alkanes of at least 4 members (excludes halogenated alkanes) is 5. The Morgan fingerprint density at radius 1 is 1.06 bits per heavy atom. The van der Waals surface area contributed by atoms with E-state index in [0.29, 0.717) is 5.41 Å². The van der Waals surface area contributed by atoms with E-state index in [1.54, 1.807) is 0 Å². The summed E-state index contributed by atoms with van der Waals surface area (Å²) in [5, 5.41) is 3.60. The third-order valence-corrected chi connectivity index (χ3v) is 4.19. The van der Waals surface area contributed by atoms with E-state index < -0.39 is 0 Å². The van der Waals surface area contributed by atoms with Gasteiger partial charge in [-0.1, -0.05) is 39.0 Å². The first kappa shape index (κ1) is 15.9. The molecule has 1 aliphatic rings. The first-order valence-electron chi connectivity index (χ1n) is 7.81. The van der Waals surface area contributed by atoms with Crippen molar-refractivity contribution < 1.29 is 4.74 Å². The standard InChI is InChI=1S/C15H32N2O/c1-2-3-4-5-6-7-10-17-14-15(13-16)8-11-18-12-9-15/h17H,2-14,16H2,1H3. The van der Waals surface area contributed by atoms with Gasteiger partial charge >= 0.3 is 0 Å². The Hall–Kier alpha value is -0.120. The maximum atomic E-state index is 5.94. The average Bonchev–Trinajstić information content (AvgIpc) is 2.43. The Morgan fingerprint density at radius 2 is 1.72 bits per heavy atom. The predicted octanol–water partition coefficient (Wildman–Crippen LogP) is 2.69. The molecule has 3 heteroatoms. The molecule has 3 nitrogen and oxygen atoms in total. The number of nitrogens with two attached hydrogens (primary N) is 1. The van der Waals surface area contributed by atoms with Gasteiger partial charge in [-0.3, -0.25) is 0 Å². The molecule has 0 atom stereocenters. The zero-order chi connectivity index (χ0) is 13.1. The molecular weight excluding hydrogens is 224 g/mol. The van der Waals surface area contributed by atoms with E-state index in [1.807, 2.05) is 0 Å². The van der Waals surface area contributed by atoms with Gasteiger partial charge in [0.05, 0.1) is 0 Å². The molecule has 0 aromatic rings. The second-order valence-corrected chi connectivity index (χ2v) is 5.76. The maximum Gasteiger partial charge on any atom is 0.0472 e. The van der Waals surface area contributed by atoms with Crippen LogP contribution in [0.1, 0.15) is 58.3 Å². The summed E-state index contributed by atoms with van der Waals surface area (Å²) in [6, 6.07) is 0. The lowest BCUT2D eigenvalue weighted by Crippen LogP contribution is -2.44. The first-order chi connectivity index (χ1) is 8.83. The summed E-state index contributed by atoms with van der Waals surface area (Å²) in [4.78, 5) is 0. The van der Waals surface area contributed by atoms with Crippen LogP contribution in [0, 0.1) is 5.41 Å². The van der Waals surface area contributed by atoms with Crippen molar-refractivity contribution in [3.8, 4) is 0 Å². The van der Waals surface area contributed by atoms with Crippen molar-refractivity contribution in [1.29, 1.82) is 0 Å². The SMILES string of the molecule is CCCCCCCCNCC1(CN)CCOCC1. The lowest BCUT2D eigenvalue weighted by Gasteiger charge is -2.36. The van der Waals surface area contributed by atoms with Crippen molar-refractivity contribution in [3.63, 3.8) is 0 Å². The normalized spacial score (nSPS) is 19.0. The molecule has 1 rings (SSSR count). The van der Waals surface area contributed by atoms with Gasteiger partial charge in [-0.2, -0.15) is 0 Å². The van der Waals surface area contributed by atoms with Crippen LogP contribution in [0.15, 0.2) is 0 Å². The second-order valence-electron chi connectivity index (χ2n) is 5.76. The minimum Gasteiger partial charge on any atom is -0.381 e. The van der Waals surface area contributed by atoms with Crippen LogP contribution in [0.5, 0.6) is 0 Å². The summed E-state index contributed by atoms with van der Waals surface area (Å²) in [6.07, 6.45) is 10.4. The molecule has 1 heterocycles. The molecule has 108 valence electrons. The molecule has 18 heavy (non-hydrogen) atoms. The van der Waals surface area contributed by atoms with Crippen LogP contribution < -0.4 is 11.1 Å². The molecule has 0 amide bonds. The van der Waals surface area contributed by atoms with Gasteiger partial charge in [0.15, 0.2) is 0 Å². The predicted molar refractivity (Wildman–Crippen MR) is 77.8 cm³/mol. The fraction of sp³-hybridized carbons (Fsp3) is 1.00. The van der Waals surface area contributed by atoms with Crippen LogP contribution in [0.25, 0.3) is 0 Å². The highest BCUT2D eigenvalue weighted by Gasteiger charge is 2.30. The smallest absolute Gasteiger partial charge is 0.0472 e. The maximum absolute atomic E-state index is 5.94. The Kier molecular flexibility index (Phi) is 8.64. The molecule has 0 spiro atoms. The van der Waals surface area contributed by atoms with Crippen molar-refractivity contribution >= 4 is 0 Å². The van der Waals surface area contributed by atoms with Crippen molar-refractivity contribution in [1.82, 2.24) is 5.32 Å². The summed E-state index contributed by atoms with van der Waals surface area (Å²) < 4.78 is 5.43. The molecule has 0 saturated carbocycles. The number of nitrogens with one attached hydrogen (secondary N) is 1. The lowest BCUT2D eigenvalue weighted by molar-refractivity contribution is 0.0193. The molecule has 0 aromatic carbocycles. The van der Waals surface area contributed by atoms with Crippen LogP contribution in [0.4, 0.5) is 0 Å². The van der Waals surface area contributed by atoms with E-state index in [9.17, 15) is 0 Å². The number of hydrogen-bond donors (Lipinski definition) is 2. The van der Waals surface area contributed by atoms with Gasteiger partial charge in [0.25, 0.3) is 0 Å². The van der Waals surface area contributed by atoms with E-state index in [0.717, 1.165) is 45.7 Å². The largest absolute Gasteiger partial charge is 0.381 e. The van der Waals surface area contributed by atoms with Crippen LogP contribution in [-0.4, -0.2) is 32.8 Å². The highest BCUT2D eigenvalue weighted by Crippen LogP contribution is 2.28. The van der Waals surface area contributed by atoms with Crippen molar-refractivity contribution in [2.24, 2.45) is 11.1 Å². The van der Waals surface area contributed by atoms with Crippen molar-refractivity contribution in [2.45, 2.75) is 58.3 Å². The van der Waals surface area contributed by atoms with Crippen molar-refractivity contribution in [2.75, 3.05) is 32.8 Å². The fourth-order valence-corrected chi connectivity index (χ4v) is 2.64. The Bertz CT molecular complexity index is 191. The molecule has 3 N–H and O–H groups in total. The van der Waals surface area contributed by atoms with E-state index in [1.165, 1.54) is 38.5 Å². The topological polar surface area (TPSA) is 47.3 Å². The fourth-order valence-electron chi connectivity index (χ4n) is 2.64. The monoisotopic (exact) mass is 256 g/mol. The quantitative estimate of drug-likeness (QED) is 0.591. The van der Waals surface area contributed by atoms with E-state index in [2.05, 4.69) is 12.2 Å². The molecule has 1 aliphatic heterocycles. The average molecular weight is 256 g/mol. The van der Waals surface area contributed by atoms with Crippen molar-refractivity contribution in [3.05, 3.63) is 0 Å². The third-order valence-electron chi connectivity index (χ3n) is 4.19. The Labute approximate surface area is 113 Å². The molecular formula is C15H32N2O. The summed E-state index contributed by atoms with van der Waals surface area (Å²) in [6.45, 7) is 7.05. The van der Waals surface area contributed by atoms with Gasteiger partial charge < -0.3 is 15.8 Å². The number of ether oxygens (including phenoxy) is 1. The molecule has 0 aromatic heterocycles. The van der Waals surface area contributed by atoms with Gasteiger partial charge in [0.2, 0.25) is 0 Å². The van der Waals surface area contributed by atoms with Gasteiger partial charge in [-0.25, -0.2) is 0 Å². The van der Waals surface area contributed by atoms with E-state index >= 15 is 0 Å². The molecule has 0 radical (unpaired) electrons. The summed E-state index contributed by atoms with van der Waals surface area (Å²) in [7, 11) is 0. The van der Waals surface area contributed by atoms with E-state index in [-0.39, 0.29) is 0 Å². The van der Waals surface area contributed by atoms with Gasteiger partial charge in [0.1, 0.15) is 0 Å². The molecule has 0 unspecified atom stereocenters. The highest BCUT2D eigenvalue weighted by atomic mass is 16.5. The van der Waals surface area contributed by atoms with Crippen LogP contribution in [-0.2, 0) is 4.74 Å².